The van der Waals surface area contributed by atoms with Crippen LogP contribution in [0.4, 0.5) is 0 Å². The first-order valence-corrected chi connectivity index (χ1v) is 17.0. The van der Waals surface area contributed by atoms with E-state index in [-0.39, 0.29) is 17.5 Å². The van der Waals surface area contributed by atoms with E-state index in [2.05, 4.69) is 66.7 Å². The summed E-state index contributed by atoms with van der Waals surface area (Å²) in [6.07, 6.45) is 0.521. The van der Waals surface area contributed by atoms with Crippen molar-refractivity contribution in [2.24, 2.45) is 11.8 Å². The number of rotatable bonds is 4. The summed E-state index contributed by atoms with van der Waals surface area (Å²) in [6.45, 7) is 0. The Balaban J connectivity index is 1.41. The molecule has 0 radical (unpaired) electrons. The van der Waals surface area contributed by atoms with E-state index in [9.17, 15) is 9.59 Å². The van der Waals surface area contributed by atoms with Gasteiger partial charge in [-0.15, -0.1) is 0 Å². The van der Waals surface area contributed by atoms with Crippen LogP contribution in [0.5, 0.6) is 5.75 Å². The molecule has 214 valence electrons. The van der Waals surface area contributed by atoms with Crippen molar-refractivity contribution in [3.8, 4) is 5.75 Å². The van der Waals surface area contributed by atoms with E-state index in [0.29, 0.717) is 17.5 Å². The number of carbonyl (C=O) groups excluding carboxylic acids is 2. The Labute approximate surface area is 257 Å². The number of hydrogen-bond acceptors (Lipinski definition) is 4. The Hall–Kier alpha value is -5.00. The summed E-state index contributed by atoms with van der Waals surface area (Å²) in [6, 6.07) is 44.6. The Bertz CT molecular complexity index is 1910. The number of ketones is 2. The summed E-state index contributed by atoms with van der Waals surface area (Å²) >= 11 is 0. The highest BCUT2D eigenvalue weighted by molar-refractivity contribution is 7.07. The molecule has 3 atom stereocenters. The lowest BCUT2D eigenvalue weighted by Crippen LogP contribution is -2.71. The van der Waals surface area contributed by atoms with Crippen LogP contribution in [0.25, 0.3) is 5.57 Å². The lowest BCUT2D eigenvalue weighted by atomic mass is 9.59. The van der Waals surface area contributed by atoms with Gasteiger partial charge in [-0.25, -0.2) is 0 Å². The number of hydrogen-bond donors (Lipinski definition) is 0. The zero-order valence-corrected chi connectivity index (χ0v) is 25.3. The van der Waals surface area contributed by atoms with E-state index < -0.39 is 20.2 Å². The van der Waals surface area contributed by atoms with Crippen molar-refractivity contribution in [2.75, 3.05) is 7.11 Å². The molecule has 0 saturated carbocycles. The summed E-state index contributed by atoms with van der Waals surface area (Å²) < 4.78 is 13.0. The molecule has 5 aromatic carbocycles. The minimum Gasteiger partial charge on any atom is -0.533 e. The Morgan fingerprint density at radius 3 is 1.80 bits per heavy atom. The molecule has 0 aromatic heterocycles. The quantitative estimate of drug-likeness (QED) is 0.245. The normalized spacial score (nSPS) is 21.3. The van der Waals surface area contributed by atoms with E-state index in [1.807, 2.05) is 54.6 Å². The second-order valence-corrected chi connectivity index (χ2v) is 15.0. The van der Waals surface area contributed by atoms with E-state index in [1.165, 1.54) is 0 Å². The standard InChI is InChI=1S/C39H30O4Si/c1-42-26-22-20-25(21-23-26)32-24-33-35(37-36(32)38(40)29-16-8-9-17-30(29)39(37)41)31-18-10-11-19-34(31)44(43-33,27-12-4-2-5-13-27)28-14-6-3-7-15-28/h2-23,32,36-37H,24H2,1H3/t32-,36+,37-/m1/s1. The number of fused-ring (bicyclic) bond motifs is 5. The maximum Gasteiger partial charge on any atom is 0.347 e. The molecule has 44 heavy (non-hydrogen) atoms. The summed E-state index contributed by atoms with van der Waals surface area (Å²) in [4.78, 5) is 29.0. The molecule has 0 spiro atoms. The molecule has 1 aliphatic heterocycles. The molecular weight excluding hydrogens is 561 g/mol. The van der Waals surface area contributed by atoms with Crippen LogP contribution in [0, 0.1) is 11.8 Å². The van der Waals surface area contributed by atoms with Crippen molar-refractivity contribution in [3.63, 3.8) is 0 Å². The van der Waals surface area contributed by atoms with Crippen molar-refractivity contribution in [3.05, 3.63) is 161 Å². The van der Waals surface area contributed by atoms with Gasteiger partial charge in [-0.2, -0.15) is 0 Å². The molecular formula is C39H30O4Si. The van der Waals surface area contributed by atoms with Crippen molar-refractivity contribution in [1.82, 2.24) is 0 Å². The van der Waals surface area contributed by atoms with Gasteiger partial charge in [-0.1, -0.05) is 121 Å². The Kier molecular flexibility index (Phi) is 6.24. The van der Waals surface area contributed by atoms with Gasteiger partial charge in [-0.05, 0) is 38.8 Å². The van der Waals surface area contributed by atoms with Gasteiger partial charge in [0.15, 0.2) is 11.6 Å². The number of methoxy groups -OCH3 is 1. The second-order valence-electron chi connectivity index (χ2n) is 11.8. The van der Waals surface area contributed by atoms with E-state index in [1.54, 1.807) is 19.2 Å². The molecule has 1 heterocycles. The predicted octanol–water partition coefficient (Wildman–Crippen LogP) is 5.90. The zero-order chi connectivity index (χ0) is 29.8. The Morgan fingerprint density at radius 1 is 0.636 bits per heavy atom. The third-order valence-electron chi connectivity index (χ3n) is 9.63. The molecule has 5 aromatic rings. The van der Waals surface area contributed by atoms with Crippen LogP contribution in [0.1, 0.15) is 44.2 Å². The number of benzene rings is 5. The predicted molar refractivity (Wildman–Crippen MR) is 174 cm³/mol. The van der Waals surface area contributed by atoms with E-state index in [4.69, 9.17) is 9.16 Å². The number of ether oxygens (including phenoxy) is 1. The van der Waals surface area contributed by atoms with Gasteiger partial charge in [0.2, 0.25) is 0 Å². The van der Waals surface area contributed by atoms with Crippen molar-refractivity contribution in [1.29, 1.82) is 0 Å². The first-order valence-electron chi connectivity index (χ1n) is 15.1. The lowest BCUT2D eigenvalue weighted by Gasteiger charge is -2.48. The van der Waals surface area contributed by atoms with E-state index in [0.717, 1.165) is 43.8 Å². The summed E-state index contributed by atoms with van der Waals surface area (Å²) in [5.74, 6) is 0.165. The fourth-order valence-electron chi connectivity index (χ4n) is 7.71. The molecule has 0 N–H and O–H groups in total. The highest BCUT2D eigenvalue weighted by atomic mass is 28.4. The molecule has 5 heteroatoms. The Morgan fingerprint density at radius 2 is 1.18 bits per heavy atom. The summed E-state index contributed by atoms with van der Waals surface area (Å²) in [5, 5.41) is 3.39. The average Bonchev–Trinajstić information content (AvgIpc) is 3.10. The van der Waals surface area contributed by atoms with Gasteiger partial charge in [0.1, 0.15) is 5.75 Å². The molecule has 0 bridgehead atoms. The number of Topliss-reactive ketones (excluding diaryl/α,β-unsaturated/α-hetero) is 2. The van der Waals surface area contributed by atoms with Gasteiger partial charge in [-0.3, -0.25) is 9.59 Å². The molecule has 0 saturated heterocycles. The van der Waals surface area contributed by atoms with Gasteiger partial charge in [0.25, 0.3) is 0 Å². The van der Waals surface area contributed by atoms with Gasteiger partial charge >= 0.3 is 8.32 Å². The van der Waals surface area contributed by atoms with Crippen molar-refractivity contribution in [2.45, 2.75) is 12.3 Å². The van der Waals surface area contributed by atoms with Crippen LogP contribution >= 0.6 is 0 Å². The van der Waals surface area contributed by atoms with Gasteiger partial charge < -0.3 is 9.16 Å². The summed E-state index contributed by atoms with van der Waals surface area (Å²) in [7, 11) is -1.40. The molecule has 2 aliphatic carbocycles. The third-order valence-corrected chi connectivity index (χ3v) is 13.7. The molecule has 0 fully saturated rings. The van der Waals surface area contributed by atoms with Crippen LogP contribution in [0.15, 0.2) is 139 Å². The van der Waals surface area contributed by atoms with Crippen LogP contribution in [-0.4, -0.2) is 27.0 Å². The maximum absolute atomic E-state index is 14.6. The fraction of sp³-hybridized carbons (Fsp3) is 0.128. The van der Waals surface area contributed by atoms with Crippen LogP contribution in [0.2, 0.25) is 0 Å². The highest BCUT2D eigenvalue weighted by Crippen LogP contribution is 2.54. The van der Waals surface area contributed by atoms with Crippen LogP contribution in [-0.2, 0) is 4.43 Å². The second kappa shape index (κ2) is 10.3. The molecule has 3 aliphatic rings. The van der Waals surface area contributed by atoms with E-state index >= 15 is 0 Å². The molecule has 8 rings (SSSR count). The average molecular weight is 591 g/mol. The lowest BCUT2D eigenvalue weighted by molar-refractivity contribution is 0.0732. The SMILES string of the molecule is COc1ccc([C@H]2CC3=C(c4ccccc4[Si](c4ccccc4)(c4ccccc4)O3)[C@H]3C(=O)c4ccccc4C(=O)[C@H]32)cc1. The largest absolute Gasteiger partial charge is 0.533 e. The fourth-order valence-corrected chi connectivity index (χ4v) is 11.8. The van der Waals surface area contributed by atoms with Gasteiger partial charge in [0, 0.05) is 35.0 Å². The van der Waals surface area contributed by atoms with Crippen molar-refractivity contribution < 1.29 is 18.8 Å². The van der Waals surface area contributed by atoms with Crippen LogP contribution in [0.3, 0.4) is 0 Å². The summed E-state index contributed by atoms with van der Waals surface area (Å²) in [5.41, 5.74) is 3.92. The first kappa shape index (κ1) is 26.6. The number of allylic oxidation sites excluding steroid dienone is 2. The minimum atomic E-state index is -3.05. The topological polar surface area (TPSA) is 52.6 Å². The first-order chi connectivity index (χ1) is 21.6. The maximum atomic E-state index is 14.6. The monoisotopic (exact) mass is 590 g/mol. The molecule has 4 nitrogen and oxygen atoms in total. The highest BCUT2D eigenvalue weighted by Gasteiger charge is 2.57. The van der Waals surface area contributed by atoms with Crippen molar-refractivity contribution >= 4 is 41.0 Å². The van der Waals surface area contributed by atoms with Gasteiger partial charge in [0.05, 0.1) is 18.8 Å². The zero-order valence-electron chi connectivity index (χ0n) is 24.3. The molecule has 0 amide bonds. The third kappa shape index (κ3) is 3.82. The smallest absolute Gasteiger partial charge is 0.347 e. The molecule has 0 unspecified atom stereocenters. The minimum absolute atomic E-state index is 0.0112. The van der Waals surface area contributed by atoms with Crippen LogP contribution < -0.4 is 20.3 Å². The number of carbonyl (C=O) groups is 2.